The highest BCUT2D eigenvalue weighted by atomic mass is 16.6. The Morgan fingerprint density at radius 1 is 1.37 bits per heavy atom. The van der Waals surface area contributed by atoms with Crippen molar-refractivity contribution in [2.45, 2.75) is 31.5 Å². The second-order valence-corrected chi connectivity index (χ2v) is 4.51. The lowest BCUT2D eigenvalue weighted by molar-refractivity contribution is -0.108. The monoisotopic (exact) mass is 259 g/mol. The maximum atomic E-state index is 11.8. The lowest BCUT2D eigenvalue weighted by atomic mass is 10.2. The smallest absolute Gasteiger partial charge is 0.411 e. The van der Waals surface area contributed by atoms with E-state index >= 15 is 0 Å². The van der Waals surface area contributed by atoms with Crippen molar-refractivity contribution in [2.75, 3.05) is 0 Å². The van der Waals surface area contributed by atoms with Crippen molar-refractivity contribution < 1.29 is 14.3 Å². The first-order chi connectivity index (χ1) is 9.27. The molecule has 0 N–H and O–H groups in total. The lowest BCUT2D eigenvalue weighted by Gasteiger charge is -2.06. The van der Waals surface area contributed by atoms with Crippen molar-refractivity contribution in [3.63, 3.8) is 0 Å². The standard InChI is InChI=1S/C15H17NO3/c1-2-3-9-13-14(10-17)16(13)15(18)19-11-12-7-5-4-6-8-12/h2,4-8,10,13-14H,1,3,9,11H2/t13-,14-,16?/m1/s1. The average Bonchev–Trinajstić information content (AvgIpc) is 3.17. The molecule has 1 fully saturated rings. The van der Waals surface area contributed by atoms with Crippen LogP contribution in [0.15, 0.2) is 43.0 Å². The van der Waals surface area contributed by atoms with Crippen LogP contribution in [0.3, 0.4) is 0 Å². The van der Waals surface area contributed by atoms with Gasteiger partial charge in [0.05, 0.1) is 6.04 Å². The van der Waals surface area contributed by atoms with E-state index in [1.54, 1.807) is 6.08 Å². The van der Waals surface area contributed by atoms with E-state index in [0.717, 1.165) is 24.7 Å². The number of nitrogens with zero attached hydrogens (tertiary/aromatic N) is 1. The summed E-state index contributed by atoms with van der Waals surface area (Å²) in [5.74, 6) is 0. The summed E-state index contributed by atoms with van der Waals surface area (Å²) in [4.78, 5) is 24.2. The van der Waals surface area contributed by atoms with E-state index in [-0.39, 0.29) is 18.7 Å². The molecule has 100 valence electrons. The van der Waals surface area contributed by atoms with Gasteiger partial charge in [0, 0.05) is 0 Å². The molecule has 1 aliphatic rings. The molecular formula is C15H17NO3. The molecular weight excluding hydrogens is 242 g/mol. The fourth-order valence-corrected chi connectivity index (χ4v) is 2.11. The van der Waals surface area contributed by atoms with Gasteiger partial charge in [-0.3, -0.25) is 4.90 Å². The molecule has 4 heteroatoms. The van der Waals surface area contributed by atoms with Crippen LogP contribution in [-0.4, -0.2) is 29.4 Å². The summed E-state index contributed by atoms with van der Waals surface area (Å²) in [5, 5.41) is 0. The van der Waals surface area contributed by atoms with Crippen LogP contribution < -0.4 is 0 Å². The topological polar surface area (TPSA) is 46.4 Å². The summed E-state index contributed by atoms with van der Waals surface area (Å²) in [6.07, 6.45) is 3.71. The molecule has 1 heterocycles. The zero-order valence-corrected chi connectivity index (χ0v) is 10.7. The lowest BCUT2D eigenvalue weighted by Crippen LogP contribution is -2.16. The van der Waals surface area contributed by atoms with Crippen LogP contribution in [0.2, 0.25) is 0 Å². The Labute approximate surface area is 112 Å². The molecule has 0 aromatic heterocycles. The zero-order chi connectivity index (χ0) is 13.7. The van der Waals surface area contributed by atoms with Crippen molar-refractivity contribution in [3.05, 3.63) is 48.6 Å². The van der Waals surface area contributed by atoms with E-state index in [2.05, 4.69) is 6.58 Å². The summed E-state index contributed by atoms with van der Waals surface area (Å²) >= 11 is 0. The first kappa shape index (κ1) is 13.3. The van der Waals surface area contributed by atoms with E-state index in [1.165, 1.54) is 4.90 Å². The third kappa shape index (κ3) is 3.22. The summed E-state index contributed by atoms with van der Waals surface area (Å²) in [7, 11) is 0. The molecule has 0 saturated carbocycles. The van der Waals surface area contributed by atoms with Crippen molar-refractivity contribution in [1.82, 2.24) is 4.90 Å². The number of benzene rings is 1. The van der Waals surface area contributed by atoms with Crippen LogP contribution >= 0.6 is 0 Å². The van der Waals surface area contributed by atoms with Gasteiger partial charge in [-0.05, 0) is 18.4 Å². The highest BCUT2D eigenvalue weighted by molar-refractivity contribution is 5.80. The molecule has 1 amide bonds. The van der Waals surface area contributed by atoms with Crippen LogP contribution in [0.25, 0.3) is 0 Å². The number of carbonyl (C=O) groups excluding carboxylic acids is 2. The third-order valence-corrected chi connectivity index (χ3v) is 3.20. The van der Waals surface area contributed by atoms with Gasteiger partial charge in [-0.1, -0.05) is 36.4 Å². The highest BCUT2D eigenvalue weighted by Gasteiger charge is 2.51. The fraction of sp³-hybridized carbons (Fsp3) is 0.333. The van der Waals surface area contributed by atoms with Crippen molar-refractivity contribution in [3.8, 4) is 0 Å². The number of aldehydes is 1. The molecule has 0 bridgehead atoms. The minimum atomic E-state index is -0.421. The van der Waals surface area contributed by atoms with Crippen LogP contribution in [0.4, 0.5) is 4.79 Å². The van der Waals surface area contributed by atoms with Crippen LogP contribution in [0.1, 0.15) is 18.4 Å². The number of ether oxygens (including phenoxy) is 1. The number of amides is 1. The molecule has 4 nitrogen and oxygen atoms in total. The Morgan fingerprint density at radius 3 is 2.74 bits per heavy atom. The van der Waals surface area contributed by atoms with E-state index in [1.807, 2.05) is 30.3 Å². The minimum Gasteiger partial charge on any atom is -0.445 e. The fourth-order valence-electron chi connectivity index (χ4n) is 2.11. The number of rotatable bonds is 6. The molecule has 0 spiro atoms. The normalized spacial score (nSPS) is 20.7. The Hall–Kier alpha value is -2.10. The van der Waals surface area contributed by atoms with Crippen LogP contribution in [0.5, 0.6) is 0 Å². The molecule has 0 aliphatic carbocycles. The van der Waals surface area contributed by atoms with Gasteiger partial charge >= 0.3 is 6.09 Å². The predicted molar refractivity (Wildman–Crippen MR) is 71.5 cm³/mol. The van der Waals surface area contributed by atoms with Crippen molar-refractivity contribution in [2.24, 2.45) is 0 Å². The van der Waals surface area contributed by atoms with Gasteiger partial charge in [0.15, 0.2) is 0 Å². The summed E-state index contributed by atoms with van der Waals surface area (Å²) in [6, 6.07) is 9.11. The first-order valence-corrected chi connectivity index (χ1v) is 6.33. The van der Waals surface area contributed by atoms with Crippen LogP contribution in [0, 0.1) is 0 Å². The number of allylic oxidation sites excluding steroid dienone is 1. The highest BCUT2D eigenvalue weighted by Crippen LogP contribution is 2.31. The van der Waals surface area contributed by atoms with E-state index in [4.69, 9.17) is 4.74 Å². The van der Waals surface area contributed by atoms with Gasteiger partial charge in [-0.2, -0.15) is 0 Å². The van der Waals surface area contributed by atoms with E-state index < -0.39 is 6.09 Å². The SMILES string of the molecule is C=CCC[C@@H]1[C@@H](C=O)N1C(=O)OCc1ccccc1. The van der Waals surface area contributed by atoms with E-state index in [9.17, 15) is 9.59 Å². The van der Waals surface area contributed by atoms with E-state index in [0.29, 0.717) is 0 Å². The largest absolute Gasteiger partial charge is 0.445 e. The van der Waals surface area contributed by atoms with Gasteiger partial charge in [-0.15, -0.1) is 6.58 Å². The second kappa shape index (κ2) is 6.18. The Bertz CT molecular complexity index is 458. The number of carbonyl (C=O) groups is 2. The average molecular weight is 259 g/mol. The number of hydrogen-bond acceptors (Lipinski definition) is 3. The predicted octanol–water partition coefficient (Wildman–Crippen LogP) is 2.54. The Balaban J connectivity index is 1.83. The van der Waals surface area contributed by atoms with Gasteiger partial charge in [0.2, 0.25) is 0 Å². The third-order valence-electron chi connectivity index (χ3n) is 3.20. The minimum absolute atomic E-state index is 0.0289. The number of hydrogen-bond donors (Lipinski definition) is 0. The molecule has 0 unspecified atom stereocenters. The molecule has 1 aromatic carbocycles. The van der Waals surface area contributed by atoms with Crippen molar-refractivity contribution >= 4 is 12.4 Å². The zero-order valence-electron chi connectivity index (χ0n) is 10.7. The molecule has 2 atom stereocenters. The van der Waals surface area contributed by atoms with Gasteiger partial charge in [-0.25, -0.2) is 4.79 Å². The molecule has 1 aliphatic heterocycles. The first-order valence-electron chi connectivity index (χ1n) is 6.33. The Morgan fingerprint density at radius 2 is 2.11 bits per heavy atom. The molecule has 1 aromatic rings. The molecule has 0 radical (unpaired) electrons. The van der Waals surface area contributed by atoms with Crippen LogP contribution in [-0.2, 0) is 16.1 Å². The summed E-state index contributed by atoms with van der Waals surface area (Å²) in [5.41, 5.74) is 0.933. The molecule has 2 rings (SSSR count). The maximum Gasteiger partial charge on any atom is 0.411 e. The Kier molecular flexibility index (Phi) is 4.34. The quantitative estimate of drug-likeness (QED) is 0.448. The van der Waals surface area contributed by atoms with Crippen molar-refractivity contribution in [1.29, 1.82) is 0 Å². The summed E-state index contributed by atoms with van der Waals surface area (Å²) in [6.45, 7) is 3.87. The van der Waals surface area contributed by atoms with Gasteiger partial charge in [0.1, 0.15) is 18.9 Å². The second-order valence-electron chi connectivity index (χ2n) is 4.51. The maximum absolute atomic E-state index is 11.8. The molecule has 19 heavy (non-hydrogen) atoms. The summed E-state index contributed by atoms with van der Waals surface area (Å²) < 4.78 is 5.20. The molecule has 1 saturated heterocycles. The van der Waals surface area contributed by atoms with Gasteiger partial charge in [0.25, 0.3) is 0 Å². The van der Waals surface area contributed by atoms with Gasteiger partial charge < -0.3 is 9.53 Å².